The van der Waals surface area contributed by atoms with Gasteiger partial charge in [0, 0.05) is 0 Å². The monoisotopic (exact) mass is 412 g/mol. The fourth-order valence-electron chi connectivity index (χ4n) is 2.55. The Morgan fingerprint density at radius 3 is 1.10 bits per heavy atom. The minimum Gasteiger partial charge on any atom is -0.465 e. The highest BCUT2D eigenvalue weighted by Gasteiger charge is 2.53. The molecule has 0 aliphatic carbocycles. The van der Waals surface area contributed by atoms with E-state index in [1.807, 2.05) is 0 Å². The van der Waals surface area contributed by atoms with Crippen molar-refractivity contribution >= 4 is 23.9 Å². The molecule has 1 aromatic heterocycles. The number of esters is 4. The van der Waals surface area contributed by atoms with Gasteiger partial charge in [-0.05, 0) is 53.7 Å². The summed E-state index contributed by atoms with van der Waals surface area (Å²) in [7, 11) is 0. The molecule has 1 heterocycles. The second-order valence-corrected chi connectivity index (χ2v) is 6.30. The molecule has 0 aliphatic rings. The highest BCUT2D eigenvalue weighted by atomic mass is 16.6. The lowest BCUT2D eigenvalue weighted by molar-refractivity contribution is -0.165. The number of hydrogen-bond acceptors (Lipinski definition) is 9. The zero-order valence-corrected chi connectivity index (χ0v) is 17.7. The third-order valence-electron chi connectivity index (χ3n) is 4.33. The van der Waals surface area contributed by atoms with Gasteiger partial charge in [-0.15, -0.1) is 0 Å². The molecular formula is C20H28O9. The number of ether oxygens (including phenoxy) is 4. The molecule has 0 spiro atoms. The lowest BCUT2D eigenvalue weighted by atomic mass is 9.87. The SMILES string of the molecule is CCOC(=O)C(C)(C(=O)OCC)c1ccc(C(C)(C(=O)OCC)C(=O)OCC)o1. The van der Waals surface area contributed by atoms with E-state index in [1.54, 1.807) is 27.7 Å². The quantitative estimate of drug-likeness (QED) is 0.323. The van der Waals surface area contributed by atoms with Gasteiger partial charge in [-0.1, -0.05) is 0 Å². The van der Waals surface area contributed by atoms with Gasteiger partial charge in [0.05, 0.1) is 26.4 Å². The maximum atomic E-state index is 12.5. The summed E-state index contributed by atoms with van der Waals surface area (Å²) in [6, 6.07) is 2.64. The van der Waals surface area contributed by atoms with Crippen molar-refractivity contribution in [2.75, 3.05) is 26.4 Å². The molecule has 0 saturated carbocycles. The largest absolute Gasteiger partial charge is 0.465 e. The van der Waals surface area contributed by atoms with Crippen molar-refractivity contribution in [2.24, 2.45) is 0 Å². The average molecular weight is 412 g/mol. The van der Waals surface area contributed by atoms with Crippen LogP contribution in [-0.4, -0.2) is 50.3 Å². The van der Waals surface area contributed by atoms with Crippen LogP contribution in [0.1, 0.15) is 53.1 Å². The topological polar surface area (TPSA) is 118 Å². The fraction of sp³-hybridized carbons (Fsp3) is 0.600. The molecule has 29 heavy (non-hydrogen) atoms. The van der Waals surface area contributed by atoms with E-state index in [2.05, 4.69) is 0 Å². The number of rotatable bonds is 10. The zero-order chi connectivity index (χ0) is 22.2. The van der Waals surface area contributed by atoms with Crippen LogP contribution in [0.3, 0.4) is 0 Å². The van der Waals surface area contributed by atoms with Crippen LogP contribution in [0.5, 0.6) is 0 Å². The summed E-state index contributed by atoms with van der Waals surface area (Å²) in [4.78, 5) is 50.2. The van der Waals surface area contributed by atoms with E-state index in [0.29, 0.717) is 0 Å². The minimum atomic E-state index is -1.92. The van der Waals surface area contributed by atoms with Crippen molar-refractivity contribution in [3.63, 3.8) is 0 Å². The number of carbonyl (C=O) groups is 4. The fourth-order valence-corrected chi connectivity index (χ4v) is 2.55. The molecule has 1 aromatic rings. The van der Waals surface area contributed by atoms with Crippen LogP contribution in [0.4, 0.5) is 0 Å². The summed E-state index contributed by atoms with van der Waals surface area (Å²) in [5.41, 5.74) is -3.84. The molecule has 9 heteroatoms. The van der Waals surface area contributed by atoms with Crippen LogP contribution >= 0.6 is 0 Å². The third-order valence-corrected chi connectivity index (χ3v) is 4.33. The first-order valence-corrected chi connectivity index (χ1v) is 9.44. The van der Waals surface area contributed by atoms with Gasteiger partial charge in [-0.2, -0.15) is 0 Å². The predicted octanol–water partition coefficient (Wildman–Crippen LogP) is 2.05. The molecule has 0 fully saturated rings. The van der Waals surface area contributed by atoms with E-state index in [0.717, 1.165) is 0 Å². The van der Waals surface area contributed by atoms with E-state index in [-0.39, 0.29) is 37.9 Å². The predicted molar refractivity (Wildman–Crippen MR) is 99.9 cm³/mol. The van der Waals surface area contributed by atoms with Crippen molar-refractivity contribution in [2.45, 2.75) is 52.4 Å². The molecular weight excluding hydrogens is 384 g/mol. The normalized spacial score (nSPS) is 11.5. The smallest absolute Gasteiger partial charge is 0.331 e. The Hall–Kier alpha value is -2.84. The van der Waals surface area contributed by atoms with Crippen molar-refractivity contribution in [3.8, 4) is 0 Å². The van der Waals surface area contributed by atoms with Crippen molar-refractivity contribution in [3.05, 3.63) is 23.7 Å². The van der Waals surface area contributed by atoms with Gasteiger partial charge in [0.25, 0.3) is 0 Å². The number of furan rings is 1. The maximum absolute atomic E-state index is 12.5. The highest BCUT2D eigenvalue weighted by Crippen LogP contribution is 2.35. The molecule has 0 bridgehead atoms. The van der Waals surface area contributed by atoms with E-state index in [9.17, 15) is 19.2 Å². The summed E-state index contributed by atoms with van der Waals surface area (Å²) in [6.07, 6.45) is 0. The lowest BCUT2D eigenvalue weighted by Gasteiger charge is -2.25. The average Bonchev–Trinajstić information content (AvgIpc) is 3.18. The van der Waals surface area contributed by atoms with Gasteiger partial charge >= 0.3 is 23.9 Å². The Morgan fingerprint density at radius 2 is 0.897 bits per heavy atom. The first-order chi connectivity index (χ1) is 13.6. The molecule has 9 nitrogen and oxygen atoms in total. The summed E-state index contributed by atoms with van der Waals surface area (Å²) in [5, 5.41) is 0. The van der Waals surface area contributed by atoms with Crippen LogP contribution in [-0.2, 0) is 49.0 Å². The van der Waals surface area contributed by atoms with Crippen LogP contribution in [0.25, 0.3) is 0 Å². The Morgan fingerprint density at radius 1 is 0.655 bits per heavy atom. The second kappa shape index (κ2) is 10.1. The van der Waals surface area contributed by atoms with Crippen LogP contribution < -0.4 is 0 Å². The highest BCUT2D eigenvalue weighted by molar-refractivity contribution is 6.06. The molecule has 1 rings (SSSR count). The van der Waals surface area contributed by atoms with Crippen molar-refractivity contribution in [1.82, 2.24) is 0 Å². The van der Waals surface area contributed by atoms with Gasteiger partial charge in [0.15, 0.2) is 0 Å². The number of carbonyl (C=O) groups excluding carboxylic acids is 4. The van der Waals surface area contributed by atoms with E-state index < -0.39 is 34.7 Å². The Kier molecular flexibility index (Phi) is 8.42. The summed E-state index contributed by atoms with van der Waals surface area (Å²) >= 11 is 0. The minimum absolute atomic E-state index is 0.0325. The Bertz CT molecular complexity index is 650. The molecule has 0 radical (unpaired) electrons. The van der Waals surface area contributed by atoms with E-state index in [4.69, 9.17) is 23.4 Å². The van der Waals surface area contributed by atoms with Crippen molar-refractivity contribution < 1.29 is 42.5 Å². The molecule has 0 aliphatic heterocycles. The Balaban J connectivity index is 3.52. The summed E-state index contributed by atoms with van der Waals surface area (Å²) in [5.74, 6) is -3.79. The standard InChI is InChI=1S/C20H28O9/c1-7-25-15(21)19(5,16(22)26-8-2)13-11-12-14(29-13)20(6,17(23)27-9-3)18(24)28-10-4/h11-12H,7-10H2,1-6H3. The van der Waals surface area contributed by atoms with Gasteiger partial charge in [-0.25, -0.2) is 0 Å². The maximum Gasteiger partial charge on any atom is 0.331 e. The van der Waals surface area contributed by atoms with E-state index >= 15 is 0 Å². The lowest BCUT2D eigenvalue weighted by Crippen LogP contribution is -2.44. The molecule has 0 saturated heterocycles. The molecule has 0 atom stereocenters. The third kappa shape index (κ3) is 4.60. The van der Waals surface area contributed by atoms with Gasteiger partial charge in [-0.3, -0.25) is 19.2 Å². The first-order valence-electron chi connectivity index (χ1n) is 9.44. The summed E-state index contributed by atoms with van der Waals surface area (Å²) in [6.45, 7) is 9.08. The van der Waals surface area contributed by atoms with Crippen molar-refractivity contribution in [1.29, 1.82) is 0 Å². The van der Waals surface area contributed by atoms with Gasteiger partial charge in [0.2, 0.25) is 10.8 Å². The van der Waals surface area contributed by atoms with E-state index in [1.165, 1.54) is 26.0 Å². The zero-order valence-electron chi connectivity index (χ0n) is 17.7. The molecule has 0 amide bonds. The van der Waals surface area contributed by atoms with Crippen LogP contribution in [0.15, 0.2) is 16.5 Å². The van der Waals surface area contributed by atoms with Gasteiger partial charge < -0.3 is 23.4 Å². The van der Waals surface area contributed by atoms with Crippen LogP contribution in [0.2, 0.25) is 0 Å². The van der Waals surface area contributed by atoms with Gasteiger partial charge in [0.1, 0.15) is 11.5 Å². The Labute approximate surface area is 169 Å². The number of hydrogen-bond donors (Lipinski definition) is 0. The first kappa shape index (κ1) is 24.2. The molecule has 162 valence electrons. The summed E-state index contributed by atoms with van der Waals surface area (Å²) < 4.78 is 25.7. The molecule has 0 unspecified atom stereocenters. The second-order valence-electron chi connectivity index (χ2n) is 6.30. The molecule has 0 aromatic carbocycles. The molecule has 0 N–H and O–H groups in total. The van der Waals surface area contributed by atoms with Crippen LogP contribution in [0, 0.1) is 0 Å².